The molecule has 0 N–H and O–H groups in total. The minimum absolute atomic E-state index is 0.0650. The smallest absolute Gasteiger partial charge is 0.254 e. The third-order valence-electron chi connectivity index (χ3n) is 4.17. The Morgan fingerprint density at radius 2 is 1.96 bits per heavy atom. The van der Waals surface area contributed by atoms with Gasteiger partial charge < -0.3 is 9.64 Å². The summed E-state index contributed by atoms with van der Waals surface area (Å²) in [5.41, 5.74) is 4.07. The Kier molecular flexibility index (Phi) is 4.99. The lowest BCUT2D eigenvalue weighted by Gasteiger charge is -2.27. The number of benzene rings is 2. The van der Waals surface area contributed by atoms with Crippen molar-refractivity contribution in [1.82, 2.24) is 4.90 Å². The number of aryl methyl sites for hydroxylation is 1. The van der Waals surface area contributed by atoms with Gasteiger partial charge >= 0.3 is 0 Å². The Bertz CT molecular complexity index is 708. The number of rotatable bonds is 3. The van der Waals surface area contributed by atoms with Crippen LogP contribution in [0.3, 0.4) is 0 Å². The summed E-state index contributed by atoms with van der Waals surface area (Å²) in [5.74, 6) is 0.0650. The van der Waals surface area contributed by atoms with Crippen molar-refractivity contribution in [2.45, 2.75) is 13.3 Å². The largest absolute Gasteiger partial charge is 0.378 e. The molecule has 0 unspecified atom stereocenters. The first kappa shape index (κ1) is 16.0. The molecule has 0 saturated carbocycles. The van der Waals surface area contributed by atoms with Crippen molar-refractivity contribution in [2.24, 2.45) is 0 Å². The van der Waals surface area contributed by atoms with E-state index in [4.69, 9.17) is 16.3 Å². The monoisotopic (exact) mass is 329 g/mol. The van der Waals surface area contributed by atoms with Crippen LogP contribution >= 0.6 is 11.6 Å². The maximum Gasteiger partial charge on any atom is 0.254 e. The highest BCUT2D eigenvalue weighted by atomic mass is 35.5. The second kappa shape index (κ2) is 7.16. The molecule has 3 rings (SSSR count). The number of carbonyl (C=O) groups is 1. The molecule has 1 aliphatic heterocycles. The van der Waals surface area contributed by atoms with E-state index in [2.05, 4.69) is 6.92 Å². The third-order valence-corrected chi connectivity index (χ3v) is 4.41. The number of hydrogen-bond donors (Lipinski definition) is 0. The fourth-order valence-corrected chi connectivity index (χ4v) is 3.07. The van der Waals surface area contributed by atoms with Crippen LogP contribution in [0.2, 0.25) is 5.02 Å². The molecule has 4 heteroatoms. The molecule has 0 aromatic heterocycles. The molecule has 0 bridgehead atoms. The first-order valence-electron chi connectivity index (χ1n) is 7.95. The van der Waals surface area contributed by atoms with Gasteiger partial charge in [0.15, 0.2) is 0 Å². The molecule has 23 heavy (non-hydrogen) atoms. The molecule has 3 nitrogen and oxygen atoms in total. The lowest BCUT2D eigenvalue weighted by atomic mass is 9.96. The molecule has 0 spiro atoms. The fraction of sp³-hybridized carbons (Fsp3) is 0.316. The maximum absolute atomic E-state index is 12.6. The summed E-state index contributed by atoms with van der Waals surface area (Å²) in [5, 5.41) is 0.710. The normalized spacial score (nSPS) is 14.8. The summed E-state index contributed by atoms with van der Waals surface area (Å²) < 4.78 is 5.31. The van der Waals surface area contributed by atoms with E-state index in [0.29, 0.717) is 36.9 Å². The molecule has 2 aromatic carbocycles. The maximum atomic E-state index is 12.6. The van der Waals surface area contributed by atoms with Crippen LogP contribution in [0.15, 0.2) is 42.5 Å². The van der Waals surface area contributed by atoms with E-state index in [9.17, 15) is 4.79 Å². The summed E-state index contributed by atoms with van der Waals surface area (Å²) in [6.45, 7) is 4.65. The Morgan fingerprint density at radius 1 is 1.17 bits per heavy atom. The SMILES string of the molecule is CCc1ccc(Cl)cc1-c1cccc(C(=O)N2CCOCC2)c1. The van der Waals surface area contributed by atoms with Crippen LogP contribution in [0.1, 0.15) is 22.8 Å². The van der Waals surface area contributed by atoms with Gasteiger partial charge in [-0.05, 0) is 47.4 Å². The van der Waals surface area contributed by atoms with E-state index in [1.807, 2.05) is 47.4 Å². The minimum atomic E-state index is 0.0650. The molecular formula is C19H20ClNO2. The van der Waals surface area contributed by atoms with Gasteiger partial charge in [0.1, 0.15) is 0 Å². The zero-order chi connectivity index (χ0) is 16.2. The summed E-state index contributed by atoms with van der Waals surface area (Å²) in [6.07, 6.45) is 0.925. The Hall–Kier alpha value is -1.84. The average Bonchev–Trinajstić information content (AvgIpc) is 2.62. The first-order valence-corrected chi connectivity index (χ1v) is 8.32. The second-order valence-corrected chi connectivity index (χ2v) is 6.08. The standard InChI is InChI=1S/C19H20ClNO2/c1-2-14-6-7-17(20)13-18(14)15-4-3-5-16(12-15)19(22)21-8-10-23-11-9-21/h3-7,12-13H,2,8-11H2,1H3. The van der Waals surface area contributed by atoms with Crippen molar-refractivity contribution < 1.29 is 9.53 Å². The number of carbonyl (C=O) groups excluding carboxylic acids is 1. The van der Waals surface area contributed by atoms with E-state index < -0.39 is 0 Å². The van der Waals surface area contributed by atoms with E-state index >= 15 is 0 Å². The van der Waals surface area contributed by atoms with Gasteiger partial charge in [0.2, 0.25) is 0 Å². The van der Waals surface area contributed by atoms with Gasteiger partial charge in [-0.2, -0.15) is 0 Å². The molecule has 0 aliphatic carbocycles. The highest BCUT2D eigenvalue weighted by Crippen LogP contribution is 2.28. The molecule has 1 amide bonds. The zero-order valence-electron chi connectivity index (χ0n) is 13.2. The summed E-state index contributed by atoms with van der Waals surface area (Å²) >= 11 is 6.16. The molecule has 2 aromatic rings. The van der Waals surface area contributed by atoms with Crippen molar-refractivity contribution in [3.8, 4) is 11.1 Å². The average molecular weight is 330 g/mol. The van der Waals surface area contributed by atoms with Crippen molar-refractivity contribution in [3.05, 3.63) is 58.6 Å². The highest BCUT2D eigenvalue weighted by Gasteiger charge is 2.19. The lowest BCUT2D eigenvalue weighted by molar-refractivity contribution is 0.0303. The number of halogens is 1. The third kappa shape index (κ3) is 3.57. The van der Waals surface area contributed by atoms with Crippen molar-refractivity contribution in [3.63, 3.8) is 0 Å². The van der Waals surface area contributed by atoms with Gasteiger partial charge in [-0.25, -0.2) is 0 Å². The molecule has 1 fully saturated rings. The Labute approximate surface area is 141 Å². The van der Waals surface area contributed by atoms with Crippen LogP contribution in [0.4, 0.5) is 0 Å². The highest BCUT2D eigenvalue weighted by molar-refractivity contribution is 6.30. The number of nitrogens with zero attached hydrogens (tertiary/aromatic N) is 1. The summed E-state index contributed by atoms with van der Waals surface area (Å²) in [7, 11) is 0. The quantitative estimate of drug-likeness (QED) is 0.850. The molecule has 1 aliphatic rings. The van der Waals surface area contributed by atoms with Gasteiger partial charge in [-0.15, -0.1) is 0 Å². The van der Waals surface area contributed by atoms with Crippen molar-refractivity contribution in [1.29, 1.82) is 0 Å². The van der Waals surface area contributed by atoms with Gasteiger partial charge in [0.25, 0.3) is 5.91 Å². The van der Waals surface area contributed by atoms with Crippen molar-refractivity contribution in [2.75, 3.05) is 26.3 Å². The summed E-state index contributed by atoms with van der Waals surface area (Å²) in [4.78, 5) is 14.5. The van der Waals surface area contributed by atoms with Gasteiger partial charge in [-0.1, -0.05) is 36.7 Å². The van der Waals surface area contributed by atoms with Crippen LogP contribution in [-0.4, -0.2) is 37.1 Å². The first-order chi connectivity index (χ1) is 11.2. The predicted molar refractivity (Wildman–Crippen MR) is 93.0 cm³/mol. The molecule has 0 radical (unpaired) electrons. The number of amides is 1. The molecule has 0 atom stereocenters. The van der Waals surface area contributed by atoms with Crippen molar-refractivity contribution >= 4 is 17.5 Å². The van der Waals surface area contributed by atoms with E-state index in [1.54, 1.807) is 0 Å². The van der Waals surface area contributed by atoms with Gasteiger partial charge in [-0.3, -0.25) is 4.79 Å². The zero-order valence-corrected chi connectivity index (χ0v) is 14.0. The minimum Gasteiger partial charge on any atom is -0.378 e. The van der Waals surface area contributed by atoms with Crippen LogP contribution in [0.25, 0.3) is 11.1 Å². The van der Waals surface area contributed by atoms with E-state index in [-0.39, 0.29) is 5.91 Å². The van der Waals surface area contributed by atoms with E-state index in [0.717, 1.165) is 17.5 Å². The van der Waals surface area contributed by atoms with Crippen LogP contribution in [-0.2, 0) is 11.2 Å². The molecule has 120 valence electrons. The lowest BCUT2D eigenvalue weighted by Crippen LogP contribution is -2.40. The van der Waals surface area contributed by atoms with Crippen LogP contribution in [0, 0.1) is 0 Å². The van der Waals surface area contributed by atoms with Gasteiger partial charge in [0.05, 0.1) is 13.2 Å². The Balaban J connectivity index is 1.93. The number of ether oxygens (including phenoxy) is 1. The summed E-state index contributed by atoms with van der Waals surface area (Å²) in [6, 6.07) is 13.7. The van der Waals surface area contributed by atoms with E-state index in [1.165, 1.54) is 5.56 Å². The van der Waals surface area contributed by atoms with Crippen LogP contribution in [0.5, 0.6) is 0 Å². The topological polar surface area (TPSA) is 29.5 Å². The Morgan fingerprint density at radius 3 is 2.70 bits per heavy atom. The fourth-order valence-electron chi connectivity index (χ4n) is 2.89. The molecule has 1 saturated heterocycles. The molecular weight excluding hydrogens is 310 g/mol. The second-order valence-electron chi connectivity index (χ2n) is 5.64. The predicted octanol–water partition coefficient (Wildman–Crippen LogP) is 4.04. The number of morpholine rings is 1. The van der Waals surface area contributed by atoms with Crippen LogP contribution < -0.4 is 0 Å². The number of hydrogen-bond acceptors (Lipinski definition) is 2. The van der Waals surface area contributed by atoms with Gasteiger partial charge in [0, 0.05) is 23.7 Å². The molecule has 1 heterocycles.